The summed E-state index contributed by atoms with van der Waals surface area (Å²) in [5.41, 5.74) is 3.19. The first-order valence-electron chi connectivity index (χ1n) is 9.57. The monoisotopic (exact) mass is 393 g/mol. The van der Waals surface area contributed by atoms with Crippen molar-refractivity contribution in [3.05, 3.63) is 64.5 Å². The second-order valence-corrected chi connectivity index (χ2v) is 7.69. The quantitative estimate of drug-likeness (QED) is 0.566. The van der Waals surface area contributed by atoms with Gasteiger partial charge in [-0.15, -0.1) is 5.10 Å². The summed E-state index contributed by atoms with van der Waals surface area (Å²) in [7, 11) is 1.48. The first kappa shape index (κ1) is 17.7. The third-order valence-electron chi connectivity index (χ3n) is 5.49. The Bertz CT molecular complexity index is 1280. The maximum atomic E-state index is 14.8. The Labute approximate surface area is 165 Å². The van der Waals surface area contributed by atoms with Gasteiger partial charge in [-0.1, -0.05) is 23.4 Å². The van der Waals surface area contributed by atoms with Gasteiger partial charge in [0.15, 0.2) is 0 Å². The molecule has 2 heterocycles. The number of rotatable bonds is 5. The van der Waals surface area contributed by atoms with Gasteiger partial charge < -0.3 is 5.11 Å². The van der Waals surface area contributed by atoms with Crippen molar-refractivity contribution in [3.63, 3.8) is 0 Å². The van der Waals surface area contributed by atoms with Crippen molar-refractivity contribution in [2.45, 2.75) is 25.9 Å². The molecule has 1 N–H and O–H groups in total. The lowest BCUT2D eigenvalue weighted by Gasteiger charge is -2.07. The van der Waals surface area contributed by atoms with Crippen LogP contribution < -0.4 is 5.69 Å². The van der Waals surface area contributed by atoms with Crippen LogP contribution in [0.5, 0.6) is 5.88 Å². The van der Waals surface area contributed by atoms with Crippen molar-refractivity contribution >= 4 is 11.0 Å². The summed E-state index contributed by atoms with van der Waals surface area (Å²) >= 11 is 0. The highest BCUT2D eigenvalue weighted by Crippen LogP contribution is 2.32. The van der Waals surface area contributed by atoms with Gasteiger partial charge in [0.1, 0.15) is 11.3 Å². The molecule has 2 aromatic carbocycles. The highest BCUT2D eigenvalue weighted by molar-refractivity contribution is 5.81. The van der Waals surface area contributed by atoms with E-state index in [9.17, 15) is 14.3 Å². The average Bonchev–Trinajstić information content (AvgIpc) is 3.39. The van der Waals surface area contributed by atoms with Crippen LogP contribution in [0.3, 0.4) is 0 Å². The molecular weight excluding hydrogens is 373 g/mol. The molecule has 5 rings (SSSR count). The Balaban J connectivity index is 1.43. The number of hydrogen-bond donors (Lipinski definition) is 1. The van der Waals surface area contributed by atoms with Crippen molar-refractivity contribution in [2.75, 3.05) is 0 Å². The molecule has 0 spiro atoms. The molecule has 0 aliphatic heterocycles. The summed E-state index contributed by atoms with van der Waals surface area (Å²) in [6, 6.07) is 10.6. The zero-order valence-corrected chi connectivity index (χ0v) is 15.9. The number of benzene rings is 2. The molecule has 1 aliphatic rings. The SMILES string of the molecule is Cn1c(O)cn(Cc2ccc(-c3ccc4c(c3)nnn4CC3CC3)c(F)c2)c1=O. The lowest BCUT2D eigenvalue weighted by molar-refractivity contribution is 0.429. The fourth-order valence-corrected chi connectivity index (χ4v) is 3.59. The molecule has 7 nitrogen and oxygen atoms in total. The van der Waals surface area contributed by atoms with Gasteiger partial charge in [0.25, 0.3) is 0 Å². The normalized spacial score (nSPS) is 14.0. The summed E-state index contributed by atoms with van der Waals surface area (Å²) in [6.45, 7) is 1.06. The van der Waals surface area contributed by atoms with E-state index >= 15 is 0 Å². The lowest BCUT2D eigenvalue weighted by Crippen LogP contribution is -2.22. The molecule has 0 unspecified atom stereocenters. The van der Waals surface area contributed by atoms with E-state index in [2.05, 4.69) is 10.3 Å². The number of hydrogen-bond acceptors (Lipinski definition) is 4. The van der Waals surface area contributed by atoms with Gasteiger partial charge in [0.2, 0.25) is 5.88 Å². The van der Waals surface area contributed by atoms with Crippen LogP contribution in [-0.4, -0.2) is 29.2 Å². The number of nitrogens with zero attached hydrogens (tertiary/aromatic N) is 5. The molecule has 0 saturated heterocycles. The first-order chi connectivity index (χ1) is 14.0. The molecule has 8 heteroatoms. The van der Waals surface area contributed by atoms with E-state index in [-0.39, 0.29) is 23.9 Å². The van der Waals surface area contributed by atoms with Crippen LogP contribution in [0.2, 0.25) is 0 Å². The maximum Gasteiger partial charge on any atom is 0.331 e. The van der Waals surface area contributed by atoms with E-state index < -0.39 is 0 Å². The molecule has 0 bridgehead atoms. The summed E-state index contributed by atoms with van der Waals surface area (Å²) in [6.07, 6.45) is 3.82. The Hall–Kier alpha value is -3.42. The third kappa shape index (κ3) is 3.20. The number of fused-ring (bicyclic) bond motifs is 1. The minimum Gasteiger partial charge on any atom is -0.493 e. The third-order valence-corrected chi connectivity index (χ3v) is 5.49. The topological polar surface area (TPSA) is 77.9 Å². The Kier molecular flexibility index (Phi) is 4.01. The van der Waals surface area contributed by atoms with Crippen molar-refractivity contribution < 1.29 is 9.50 Å². The van der Waals surface area contributed by atoms with Gasteiger partial charge in [0.05, 0.1) is 18.3 Å². The highest BCUT2D eigenvalue weighted by atomic mass is 19.1. The van der Waals surface area contributed by atoms with Crippen LogP contribution in [0.1, 0.15) is 18.4 Å². The van der Waals surface area contributed by atoms with Gasteiger partial charge in [0, 0.05) is 19.2 Å². The lowest BCUT2D eigenvalue weighted by atomic mass is 10.0. The predicted molar refractivity (Wildman–Crippen MR) is 106 cm³/mol. The van der Waals surface area contributed by atoms with Crippen molar-refractivity contribution in [3.8, 4) is 17.0 Å². The predicted octanol–water partition coefficient (Wildman–Crippen LogP) is 2.90. The van der Waals surface area contributed by atoms with Gasteiger partial charge in [-0.05, 0) is 48.1 Å². The molecule has 1 aliphatic carbocycles. The molecule has 4 aromatic rings. The van der Waals surface area contributed by atoms with Gasteiger partial charge in [-0.25, -0.2) is 13.9 Å². The molecule has 1 fully saturated rings. The van der Waals surface area contributed by atoms with Gasteiger partial charge in [-0.2, -0.15) is 0 Å². The number of aromatic nitrogens is 5. The largest absolute Gasteiger partial charge is 0.493 e. The molecule has 29 heavy (non-hydrogen) atoms. The molecule has 0 amide bonds. The Morgan fingerprint density at radius 3 is 2.72 bits per heavy atom. The standard InChI is InChI=1S/C21H20FN5O2/c1-25-20(28)12-26(21(25)29)10-14-4-6-16(17(22)8-14)15-5-7-19-18(9-15)23-24-27(19)11-13-2-3-13/h4-9,12-13,28H,2-3,10-11H2,1H3. The minimum absolute atomic E-state index is 0.130. The zero-order chi connectivity index (χ0) is 20.1. The average molecular weight is 393 g/mol. The van der Waals surface area contributed by atoms with E-state index in [1.807, 2.05) is 22.9 Å². The molecule has 0 radical (unpaired) electrons. The van der Waals surface area contributed by atoms with Crippen molar-refractivity contribution in [1.82, 2.24) is 24.1 Å². The highest BCUT2D eigenvalue weighted by Gasteiger charge is 2.23. The van der Waals surface area contributed by atoms with E-state index in [0.717, 1.165) is 27.7 Å². The second-order valence-electron chi connectivity index (χ2n) is 7.69. The Morgan fingerprint density at radius 1 is 1.21 bits per heavy atom. The van der Waals surface area contributed by atoms with E-state index in [1.165, 1.54) is 36.7 Å². The van der Waals surface area contributed by atoms with Crippen molar-refractivity contribution in [1.29, 1.82) is 0 Å². The summed E-state index contributed by atoms with van der Waals surface area (Å²) in [4.78, 5) is 12.0. The molecule has 148 valence electrons. The molecule has 0 atom stereocenters. The maximum absolute atomic E-state index is 14.8. The molecule has 2 aromatic heterocycles. The summed E-state index contributed by atoms with van der Waals surface area (Å²) in [5.74, 6) is 0.194. The van der Waals surface area contributed by atoms with Crippen LogP contribution in [0, 0.1) is 11.7 Å². The summed E-state index contributed by atoms with van der Waals surface area (Å²) in [5, 5.41) is 18.1. The van der Waals surface area contributed by atoms with Crippen LogP contribution in [0.15, 0.2) is 47.4 Å². The van der Waals surface area contributed by atoms with E-state index in [4.69, 9.17) is 0 Å². The van der Waals surface area contributed by atoms with E-state index in [1.54, 1.807) is 12.1 Å². The van der Waals surface area contributed by atoms with Crippen LogP contribution in [0.25, 0.3) is 22.2 Å². The Morgan fingerprint density at radius 2 is 2.03 bits per heavy atom. The van der Waals surface area contributed by atoms with E-state index in [0.29, 0.717) is 17.0 Å². The van der Waals surface area contributed by atoms with Crippen LogP contribution >= 0.6 is 0 Å². The number of halogens is 1. The molecular formula is C21H20FN5O2. The number of imidazole rings is 1. The molecule has 1 saturated carbocycles. The van der Waals surface area contributed by atoms with Gasteiger partial charge in [-0.3, -0.25) is 9.13 Å². The van der Waals surface area contributed by atoms with Crippen molar-refractivity contribution in [2.24, 2.45) is 13.0 Å². The first-order valence-corrected chi connectivity index (χ1v) is 9.57. The number of aromatic hydroxyl groups is 1. The summed E-state index contributed by atoms with van der Waals surface area (Å²) < 4.78 is 19.2. The minimum atomic E-state index is -0.375. The smallest absolute Gasteiger partial charge is 0.331 e. The van der Waals surface area contributed by atoms with Crippen LogP contribution in [0.4, 0.5) is 4.39 Å². The van der Waals surface area contributed by atoms with Crippen LogP contribution in [-0.2, 0) is 20.1 Å². The zero-order valence-electron chi connectivity index (χ0n) is 15.9. The second kappa shape index (κ2) is 6.58. The van der Waals surface area contributed by atoms with Gasteiger partial charge >= 0.3 is 5.69 Å². The fraction of sp³-hybridized carbons (Fsp3) is 0.286. The fourth-order valence-electron chi connectivity index (χ4n) is 3.59.